The maximum Gasteiger partial charge on any atom is 0.261 e. The standard InChI is InChI=1S/C23H22N4O2S/c1-5-11-27(23-25-19(13-30-23)16-9-7-6-8-10-16)22(28)17-12-18(14(2)3)24-21-20(17)15(4)26-29-21/h5-10,12-14H,1,11H2,2-4H3. The molecule has 0 radical (unpaired) electrons. The molecule has 152 valence electrons. The molecule has 4 rings (SSSR count). The predicted molar refractivity (Wildman–Crippen MR) is 120 cm³/mol. The van der Waals surface area contributed by atoms with Gasteiger partial charge in [-0.25, -0.2) is 9.97 Å². The Labute approximate surface area is 178 Å². The van der Waals surface area contributed by atoms with Gasteiger partial charge in [-0.15, -0.1) is 17.9 Å². The monoisotopic (exact) mass is 418 g/mol. The fourth-order valence-corrected chi connectivity index (χ4v) is 4.07. The van der Waals surface area contributed by atoms with Gasteiger partial charge in [0.1, 0.15) is 0 Å². The number of anilines is 1. The number of nitrogens with zero attached hydrogens (tertiary/aromatic N) is 4. The lowest BCUT2D eigenvalue weighted by atomic mass is 10.0. The topological polar surface area (TPSA) is 72.1 Å². The van der Waals surface area contributed by atoms with Crippen molar-refractivity contribution < 1.29 is 9.32 Å². The Morgan fingerprint density at radius 2 is 2.03 bits per heavy atom. The maximum atomic E-state index is 13.7. The molecule has 30 heavy (non-hydrogen) atoms. The second-order valence-electron chi connectivity index (χ2n) is 7.28. The van der Waals surface area contributed by atoms with E-state index in [-0.39, 0.29) is 11.8 Å². The molecule has 4 aromatic rings. The van der Waals surface area contributed by atoms with Crippen LogP contribution in [0.3, 0.4) is 0 Å². The molecule has 0 aliphatic rings. The molecular weight excluding hydrogens is 396 g/mol. The third-order valence-corrected chi connectivity index (χ3v) is 5.67. The Hall–Kier alpha value is -3.32. The van der Waals surface area contributed by atoms with Crippen LogP contribution in [-0.2, 0) is 0 Å². The first-order valence-electron chi connectivity index (χ1n) is 9.70. The van der Waals surface area contributed by atoms with Crippen LogP contribution in [0, 0.1) is 6.92 Å². The molecule has 0 saturated heterocycles. The number of carbonyl (C=O) groups excluding carboxylic acids is 1. The van der Waals surface area contributed by atoms with E-state index >= 15 is 0 Å². The van der Waals surface area contributed by atoms with Crippen LogP contribution in [-0.4, -0.2) is 27.6 Å². The summed E-state index contributed by atoms with van der Waals surface area (Å²) >= 11 is 1.43. The molecule has 0 spiro atoms. The molecule has 1 amide bonds. The summed E-state index contributed by atoms with van der Waals surface area (Å²) < 4.78 is 5.37. The third-order valence-electron chi connectivity index (χ3n) is 4.81. The highest BCUT2D eigenvalue weighted by Crippen LogP contribution is 2.31. The van der Waals surface area contributed by atoms with Crippen molar-refractivity contribution >= 4 is 33.5 Å². The van der Waals surface area contributed by atoms with Gasteiger partial charge in [-0.05, 0) is 18.9 Å². The number of carbonyl (C=O) groups is 1. The van der Waals surface area contributed by atoms with E-state index in [0.29, 0.717) is 34.0 Å². The number of thiazole rings is 1. The van der Waals surface area contributed by atoms with Crippen molar-refractivity contribution in [1.82, 2.24) is 15.1 Å². The van der Waals surface area contributed by atoms with Gasteiger partial charge >= 0.3 is 0 Å². The summed E-state index contributed by atoms with van der Waals surface area (Å²) in [5, 5.41) is 7.23. The Balaban J connectivity index is 1.79. The Morgan fingerprint density at radius 3 is 2.73 bits per heavy atom. The molecule has 0 aliphatic carbocycles. The van der Waals surface area contributed by atoms with Crippen LogP contribution in [0.25, 0.3) is 22.4 Å². The van der Waals surface area contributed by atoms with Crippen molar-refractivity contribution in [1.29, 1.82) is 0 Å². The Morgan fingerprint density at radius 1 is 1.27 bits per heavy atom. The normalized spacial score (nSPS) is 11.2. The highest BCUT2D eigenvalue weighted by Gasteiger charge is 2.26. The summed E-state index contributed by atoms with van der Waals surface area (Å²) in [7, 11) is 0. The molecule has 0 bridgehead atoms. The molecule has 0 unspecified atom stereocenters. The van der Waals surface area contributed by atoms with E-state index in [1.54, 1.807) is 11.0 Å². The van der Waals surface area contributed by atoms with E-state index in [1.807, 2.05) is 62.5 Å². The lowest BCUT2D eigenvalue weighted by Gasteiger charge is -2.19. The van der Waals surface area contributed by atoms with Crippen molar-refractivity contribution in [2.24, 2.45) is 0 Å². The summed E-state index contributed by atoms with van der Waals surface area (Å²) in [5.74, 6) is -0.0341. The minimum atomic E-state index is -0.176. The number of hydrogen-bond acceptors (Lipinski definition) is 6. The molecule has 0 fully saturated rings. The van der Waals surface area contributed by atoms with Crippen LogP contribution in [0.2, 0.25) is 0 Å². The Bertz CT molecular complexity index is 1210. The van der Waals surface area contributed by atoms with Gasteiger partial charge < -0.3 is 4.52 Å². The second-order valence-corrected chi connectivity index (χ2v) is 8.12. The van der Waals surface area contributed by atoms with E-state index in [2.05, 4.69) is 16.7 Å². The zero-order chi connectivity index (χ0) is 21.3. The number of pyridine rings is 1. The van der Waals surface area contributed by atoms with Gasteiger partial charge in [0.2, 0.25) is 0 Å². The van der Waals surface area contributed by atoms with Crippen LogP contribution in [0.15, 0.2) is 59.0 Å². The highest BCUT2D eigenvalue weighted by molar-refractivity contribution is 7.14. The summed E-state index contributed by atoms with van der Waals surface area (Å²) in [6, 6.07) is 11.7. The molecule has 0 N–H and O–H groups in total. The molecule has 1 aromatic carbocycles. The van der Waals surface area contributed by atoms with Crippen LogP contribution in [0.4, 0.5) is 5.13 Å². The van der Waals surface area contributed by atoms with Crippen molar-refractivity contribution in [3.8, 4) is 11.3 Å². The molecule has 0 atom stereocenters. The van der Waals surface area contributed by atoms with E-state index in [0.717, 1.165) is 17.0 Å². The zero-order valence-corrected chi connectivity index (χ0v) is 17.9. The third kappa shape index (κ3) is 3.64. The smallest absolute Gasteiger partial charge is 0.261 e. The van der Waals surface area contributed by atoms with Gasteiger partial charge in [0.25, 0.3) is 11.6 Å². The summed E-state index contributed by atoms with van der Waals surface area (Å²) in [4.78, 5) is 24.5. The average molecular weight is 419 g/mol. The summed E-state index contributed by atoms with van der Waals surface area (Å²) in [6.07, 6.45) is 1.70. The van der Waals surface area contributed by atoms with Gasteiger partial charge in [0.15, 0.2) is 5.13 Å². The van der Waals surface area contributed by atoms with Crippen molar-refractivity contribution in [2.75, 3.05) is 11.4 Å². The number of benzene rings is 1. The molecule has 6 nitrogen and oxygen atoms in total. The number of rotatable bonds is 6. The van der Waals surface area contributed by atoms with Crippen LogP contribution in [0.5, 0.6) is 0 Å². The first-order valence-corrected chi connectivity index (χ1v) is 10.6. The molecule has 3 aromatic heterocycles. The SMILES string of the molecule is C=CCN(C(=O)c1cc(C(C)C)nc2onc(C)c12)c1nc(-c2ccccc2)cs1. The van der Waals surface area contributed by atoms with Crippen molar-refractivity contribution in [3.05, 3.63) is 71.4 Å². The van der Waals surface area contributed by atoms with Gasteiger partial charge in [-0.1, -0.05) is 55.4 Å². The highest BCUT2D eigenvalue weighted by atomic mass is 32.1. The lowest BCUT2D eigenvalue weighted by Crippen LogP contribution is -2.31. The lowest BCUT2D eigenvalue weighted by molar-refractivity contribution is 0.0991. The fourth-order valence-electron chi connectivity index (χ4n) is 3.23. The quantitative estimate of drug-likeness (QED) is 0.381. The second kappa shape index (κ2) is 8.20. The van der Waals surface area contributed by atoms with Crippen LogP contribution >= 0.6 is 11.3 Å². The molecular formula is C23H22N4O2S. The number of amides is 1. The Kier molecular flexibility index (Phi) is 5.46. The minimum Gasteiger partial charge on any atom is -0.336 e. The van der Waals surface area contributed by atoms with Crippen LogP contribution < -0.4 is 4.90 Å². The van der Waals surface area contributed by atoms with Crippen molar-refractivity contribution in [2.45, 2.75) is 26.7 Å². The number of fused-ring (bicyclic) bond motifs is 1. The summed E-state index contributed by atoms with van der Waals surface area (Å²) in [6.45, 7) is 10.0. The molecule has 0 saturated carbocycles. The number of aromatic nitrogens is 3. The molecule has 7 heteroatoms. The molecule has 3 heterocycles. The number of hydrogen-bond donors (Lipinski definition) is 0. The predicted octanol–water partition coefficient (Wildman–Crippen LogP) is 5.61. The summed E-state index contributed by atoms with van der Waals surface area (Å²) in [5.41, 5.74) is 4.16. The van der Waals surface area contributed by atoms with Gasteiger partial charge in [0.05, 0.1) is 22.3 Å². The van der Waals surface area contributed by atoms with E-state index < -0.39 is 0 Å². The van der Waals surface area contributed by atoms with E-state index in [1.165, 1.54) is 11.3 Å². The average Bonchev–Trinajstić information content (AvgIpc) is 3.39. The largest absolute Gasteiger partial charge is 0.336 e. The maximum absolute atomic E-state index is 13.7. The number of aryl methyl sites for hydroxylation is 1. The van der Waals surface area contributed by atoms with Gasteiger partial charge in [0, 0.05) is 23.2 Å². The minimum absolute atomic E-state index is 0.142. The van der Waals surface area contributed by atoms with Gasteiger partial charge in [-0.2, -0.15) is 0 Å². The van der Waals surface area contributed by atoms with Gasteiger partial charge in [-0.3, -0.25) is 9.69 Å². The zero-order valence-electron chi connectivity index (χ0n) is 17.1. The first-order chi connectivity index (χ1) is 14.5. The fraction of sp³-hybridized carbons (Fsp3) is 0.217. The molecule has 0 aliphatic heterocycles. The van der Waals surface area contributed by atoms with Crippen LogP contribution in [0.1, 0.15) is 41.5 Å². The van der Waals surface area contributed by atoms with E-state index in [4.69, 9.17) is 9.51 Å². The van der Waals surface area contributed by atoms with E-state index in [9.17, 15) is 4.79 Å². The van der Waals surface area contributed by atoms with Crippen molar-refractivity contribution in [3.63, 3.8) is 0 Å². The first kappa shape index (κ1) is 20.0.